The van der Waals surface area contributed by atoms with Crippen LogP contribution in [0.2, 0.25) is 0 Å². The molecule has 3 aromatic carbocycles. The Kier molecular flexibility index (Phi) is 6.07. The molecule has 1 heterocycles. The predicted molar refractivity (Wildman–Crippen MR) is 118 cm³/mol. The topological polar surface area (TPSA) is 57.8 Å². The van der Waals surface area contributed by atoms with Crippen molar-refractivity contribution in [2.24, 2.45) is 0 Å². The van der Waals surface area contributed by atoms with Crippen LogP contribution in [0, 0.1) is 0 Å². The molecule has 2 N–H and O–H groups in total. The Bertz CT molecular complexity index is 1060. The maximum Gasteiger partial charge on any atom is 0.270 e. The van der Waals surface area contributed by atoms with E-state index in [1.165, 1.54) is 5.56 Å². The number of benzene rings is 3. The minimum Gasteiger partial charge on any atom is -0.347 e. The van der Waals surface area contributed by atoms with Crippen LogP contribution in [0.5, 0.6) is 0 Å². The van der Waals surface area contributed by atoms with E-state index in [9.17, 15) is 4.79 Å². The Labute approximate surface area is 174 Å². The van der Waals surface area contributed by atoms with Gasteiger partial charge in [-0.25, -0.2) is 0 Å². The number of amides is 1. The molecule has 0 radical (unpaired) electrons. The first kappa shape index (κ1) is 19.0. The molecule has 0 saturated carbocycles. The Balaban J connectivity index is 1.58. The normalized spacial score (nSPS) is 10.6. The van der Waals surface area contributed by atoms with Gasteiger partial charge in [-0.3, -0.25) is 9.89 Å². The number of nitrogens with zero attached hydrogens (tertiary/aromatic N) is 1. The molecule has 0 aliphatic carbocycles. The van der Waals surface area contributed by atoms with Crippen LogP contribution in [0.25, 0.3) is 11.3 Å². The summed E-state index contributed by atoms with van der Waals surface area (Å²) in [6.45, 7) is 0.474. The monoisotopic (exact) mass is 399 g/mol. The first-order valence-corrected chi connectivity index (χ1v) is 10.4. The minimum atomic E-state index is -0.154. The maximum absolute atomic E-state index is 12.9. The van der Waals surface area contributed by atoms with Gasteiger partial charge >= 0.3 is 0 Å². The molecule has 1 amide bonds. The van der Waals surface area contributed by atoms with E-state index in [1.54, 1.807) is 11.8 Å². The van der Waals surface area contributed by atoms with Crippen LogP contribution in [0.3, 0.4) is 0 Å². The zero-order chi connectivity index (χ0) is 19.9. The molecule has 4 rings (SSSR count). The summed E-state index contributed by atoms with van der Waals surface area (Å²) in [5.41, 5.74) is 4.55. The largest absolute Gasteiger partial charge is 0.347 e. The lowest BCUT2D eigenvalue weighted by Crippen LogP contribution is -2.23. The fourth-order valence-corrected chi connectivity index (χ4v) is 4.10. The SMILES string of the molecule is O=C(NCc1ccccc1)c1[nH]nc(-c2ccccc2)c1SCc1ccccc1. The second-order valence-electron chi connectivity index (χ2n) is 6.58. The van der Waals surface area contributed by atoms with Crippen molar-refractivity contribution in [3.8, 4) is 11.3 Å². The van der Waals surface area contributed by atoms with Crippen molar-refractivity contribution in [1.82, 2.24) is 15.5 Å². The van der Waals surface area contributed by atoms with Gasteiger partial charge in [-0.05, 0) is 11.1 Å². The van der Waals surface area contributed by atoms with Gasteiger partial charge in [0.15, 0.2) is 0 Å². The number of thioether (sulfide) groups is 1. The summed E-state index contributed by atoms with van der Waals surface area (Å²) in [7, 11) is 0. The highest BCUT2D eigenvalue weighted by Crippen LogP contribution is 2.34. The molecule has 0 fully saturated rings. The van der Waals surface area contributed by atoms with Crippen LogP contribution >= 0.6 is 11.8 Å². The molecule has 0 aliphatic heterocycles. The molecule has 0 atom stereocenters. The van der Waals surface area contributed by atoms with Gasteiger partial charge in [-0.15, -0.1) is 11.8 Å². The molecule has 0 saturated heterocycles. The van der Waals surface area contributed by atoms with Crippen LogP contribution in [0.15, 0.2) is 95.9 Å². The van der Waals surface area contributed by atoms with E-state index in [1.807, 2.05) is 78.9 Å². The summed E-state index contributed by atoms with van der Waals surface area (Å²) in [6, 6.07) is 30.1. The van der Waals surface area contributed by atoms with Crippen molar-refractivity contribution >= 4 is 17.7 Å². The van der Waals surface area contributed by atoms with Gasteiger partial charge in [-0.1, -0.05) is 91.0 Å². The fourth-order valence-electron chi connectivity index (χ4n) is 3.01. The molecule has 29 heavy (non-hydrogen) atoms. The first-order chi connectivity index (χ1) is 14.3. The molecular weight excluding hydrogens is 378 g/mol. The lowest BCUT2D eigenvalue weighted by Gasteiger charge is -2.08. The molecule has 0 aliphatic rings. The number of aromatic amines is 1. The molecule has 1 aromatic heterocycles. The third-order valence-electron chi connectivity index (χ3n) is 4.52. The highest BCUT2D eigenvalue weighted by molar-refractivity contribution is 7.98. The van der Waals surface area contributed by atoms with Crippen LogP contribution in [0.4, 0.5) is 0 Å². The van der Waals surface area contributed by atoms with E-state index in [0.29, 0.717) is 12.2 Å². The fraction of sp³-hybridized carbons (Fsp3) is 0.0833. The Hall–Kier alpha value is -3.31. The summed E-state index contributed by atoms with van der Waals surface area (Å²) in [5.74, 6) is 0.609. The number of hydrogen-bond donors (Lipinski definition) is 2. The third-order valence-corrected chi connectivity index (χ3v) is 5.68. The molecule has 0 bridgehead atoms. The van der Waals surface area contributed by atoms with Crippen molar-refractivity contribution in [2.45, 2.75) is 17.2 Å². The summed E-state index contributed by atoms with van der Waals surface area (Å²) >= 11 is 1.62. The van der Waals surface area contributed by atoms with Crippen molar-refractivity contribution < 1.29 is 4.79 Å². The van der Waals surface area contributed by atoms with Gasteiger partial charge in [0.25, 0.3) is 5.91 Å². The first-order valence-electron chi connectivity index (χ1n) is 9.44. The van der Waals surface area contributed by atoms with Crippen molar-refractivity contribution in [3.05, 3.63) is 108 Å². The van der Waals surface area contributed by atoms with Gasteiger partial charge in [0.1, 0.15) is 11.4 Å². The van der Waals surface area contributed by atoms with Crippen molar-refractivity contribution in [2.75, 3.05) is 0 Å². The van der Waals surface area contributed by atoms with E-state index in [2.05, 4.69) is 27.6 Å². The average molecular weight is 400 g/mol. The van der Waals surface area contributed by atoms with E-state index in [4.69, 9.17) is 0 Å². The van der Waals surface area contributed by atoms with E-state index in [-0.39, 0.29) is 5.91 Å². The van der Waals surface area contributed by atoms with Crippen LogP contribution in [-0.4, -0.2) is 16.1 Å². The zero-order valence-electron chi connectivity index (χ0n) is 15.8. The van der Waals surface area contributed by atoms with Crippen LogP contribution < -0.4 is 5.32 Å². The quantitative estimate of drug-likeness (QED) is 0.415. The number of carbonyl (C=O) groups excluding carboxylic acids is 1. The summed E-state index contributed by atoms with van der Waals surface area (Å²) in [6.07, 6.45) is 0. The number of rotatable bonds is 7. The van der Waals surface area contributed by atoms with Gasteiger partial charge in [-0.2, -0.15) is 5.10 Å². The second-order valence-corrected chi connectivity index (χ2v) is 7.57. The maximum atomic E-state index is 12.9. The Morgan fingerprint density at radius 2 is 1.41 bits per heavy atom. The molecule has 0 spiro atoms. The lowest BCUT2D eigenvalue weighted by atomic mass is 10.1. The number of carbonyl (C=O) groups is 1. The molecule has 0 unspecified atom stereocenters. The number of H-pyrrole nitrogens is 1. The highest BCUT2D eigenvalue weighted by Gasteiger charge is 2.20. The van der Waals surface area contributed by atoms with Crippen LogP contribution in [-0.2, 0) is 12.3 Å². The van der Waals surface area contributed by atoms with Gasteiger partial charge < -0.3 is 5.32 Å². The molecule has 4 nitrogen and oxygen atoms in total. The second kappa shape index (κ2) is 9.26. The molecular formula is C24H21N3OS. The number of hydrogen-bond acceptors (Lipinski definition) is 3. The number of aromatic nitrogens is 2. The molecule has 4 aromatic rings. The zero-order valence-corrected chi connectivity index (χ0v) is 16.7. The highest BCUT2D eigenvalue weighted by atomic mass is 32.2. The Morgan fingerprint density at radius 3 is 2.07 bits per heavy atom. The smallest absolute Gasteiger partial charge is 0.270 e. The standard InChI is InChI=1S/C24H21N3OS/c28-24(25-16-18-10-4-1-5-11-18)22-23(29-17-19-12-6-2-7-13-19)21(26-27-22)20-14-8-3-9-15-20/h1-15H,16-17H2,(H,25,28)(H,26,27). The molecule has 144 valence electrons. The lowest BCUT2D eigenvalue weighted by molar-refractivity contribution is 0.0943. The van der Waals surface area contributed by atoms with Crippen molar-refractivity contribution in [1.29, 1.82) is 0 Å². The minimum absolute atomic E-state index is 0.154. The van der Waals surface area contributed by atoms with E-state index >= 15 is 0 Å². The molecule has 5 heteroatoms. The van der Waals surface area contributed by atoms with Gasteiger partial charge in [0, 0.05) is 17.9 Å². The summed E-state index contributed by atoms with van der Waals surface area (Å²) < 4.78 is 0. The van der Waals surface area contributed by atoms with Crippen LogP contribution in [0.1, 0.15) is 21.6 Å². The average Bonchev–Trinajstić information content (AvgIpc) is 3.22. The third kappa shape index (κ3) is 4.76. The van der Waals surface area contributed by atoms with E-state index in [0.717, 1.165) is 27.5 Å². The van der Waals surface area contributed by atoms with Crippen molar-refractivity contribution in [3.63, 3.8) is 0 Å². The van der Waals surface area contributed by atoms with Gasteiger partial charge in [0.05, 0.1) is 4.90 Å². The Morgan fingerprint density at radius 1 is 0.828 bits per heavy atom. The van der Waals surface area contributed by atoms with Gasteiger partial charge in [0.2, 0.25) is 0 Å². The van der Waals surface area contributed by atoms with E-state index < -0.39 is 0 Å². The summed E-state index contributed by atoms with van der Waals surface area (Å²) in [4.78, 5) is 13.8. The number of nitrogens with one attached hydrogen (secondary N) is 2. The predicted octanol–water partition coefficient (Wildman–Crippen LogP) is 5.30. The summed E-state index contributed by atoms with van der Waals surface area (Å²) in [5, 5.41) is 10.4.